The minimum Gasteiger partial charge on any atom is -0.495 e. The number of nitrogens with one attached hydrogen (secondary N) is 2. The Bertz CT molecular complexity index is 729. The normalized spacial score (nSPS) is 11.0. The molecule has 25 heavy (non-hydrogen) atoms. The number of anilines is 1. The lowest BCUT2D eigenvalue weighted by Crippen LogP contribution is -2.33. The number of rotatable bonds is 7. The maximum atomic E-state index is 11.3. The molecule has 0 atom stereocenters. The third kappa shape index (κ3) is 6.18. The number of amides is 1. The Morgan fingerprint density at radius 2 is 1.92 bits per heavy atom. The molecule has 0 saturated carbocycles. The molecule has 0 aliphatic heterocycles. The lowest BCUT2D eigenvalue weighted by molar-refractivity contribution is -0.114. The van der Waals surface area contributed by atoms with E-state index in [-0.39, 0.29) is 5.91 Å². The Morgan fingerprint density at radius 1 is 1.16 bits per heavy atom. The van der Waals surface area contributed by atoms with Crippen molar-refractivity contribution >= 4 is 17.6 Å². The van der Waals surface area contributed by atoms with Gasteiger partial charge in [-0.25, -0.2) is 4.99 Å². The number of ether oxygens (including phenoxy) is 1. The van der Waals surface area contributed by atoms with Gasteiger partial charge in [-0.3, -0.25) is 4.79 Å². The van der Waals surface area contributed by atoms with E-state index in [0.717, 1.165) is 18.5 Å². The van der Waals surface area contributed by atoms with E-state index >= 15 is 0 Å². The summed E-state index contributed by atoms with van der Waals surface area (Å²) in [5, 5.41) is 5.85. The standard InChI is InChI=1S/C19H24N4O2/c1-14(24)23-17-12-16(8-9-18(17)25-2)13-22-19(20)21-11-10-15-6-4-3-5-7-15/h3-9,12H,10-11,13H2,1-2H3,(H,23,24)(H3,20,21,22). The molecule has 0 fully saturated rings. The quantitative estimate of drug-likeness (QED) is 0.533. The molecule has 6 heteroatoms. The zero-order valence-corrected chi connectivity index (χ0v) is 14.6. The highest BCUT2D eigenvalue weighted by Gasteiger charge is 2.06. The number of aliphatic imine (C=N–C) groups is 1. The van der Waals surface area contributed by atoms with Crippen LogP contribution in [0.3, 0.4) is 0 Å². The fraction of sp³-hybridized carbons (Fsp3) is 0.263. The third-order valence-electron chi connectivity index (χ3n) is 3.57. The SMILES string of the molecule is COc1ccc(CN=C(N)NCCc2ccccc2)cc1NC(C)=O. The van der Waals surface area contributed by atoms with Crippen LogP contribution >= 0.6 is 0 Å². The van der Waals surface area contributed by atoms with E-state index in [4.69, 9.17) is 10.5 Å². The van der Waals surface area contributed by atoms with Crippen LogP contribution in [0.5, 0.6) is 5.75 Å². The smallest absolute Gasteiger partial charge is 0.221 e. The zero-order chi connectivity index (χ0) is 18.1. The second-order valence-electron chi connectivity index (χ2n) is 5.58. The highest BCUT2D eigenvalue weighted by molar-refractivity contribution is 5.90. The van der Waals surface area contributed by atoms with Crippen LogP contribution in [0.15, 0.2) is 53.5 Å². The summed E-state index contributed by atoms with van der Waals surface area (Å²) in [6.07, 6.45) is 0.881. The summed E-state index contributed by atoms with van der Waals surface area (Å²) in [5.41, 5.74) is 8.70. The molecule has 2 aromatic carbocycles. The van der Waals surface area contributed by atoms with Gasteiger partial charge in [0.1, 0.15) is 5.75 Å². The molecule has 2 aromatic rings. The predicted molar refractivity (Wildman–Crippen MR) is 101 cm³/mol. The lowest BCUT2D eigenvalue weighted by atomic mass is 10.1. The van der Waals surface area contributed by atoms with Crippen LogP contribution in [0.25, 0.3) is 0 Å². The minimum atomic E-state index is -0.152. The van der Waals surface area contributed by atoms with Crippen molar-refractivity contribution in [3.8, 4) is 5.75 Å². The number of hydrogen-bond donors (Lipinski definition) is 3. The van der Waals surface area contributed by atoms with Gasteiger partial charge in [0.15, 0.2) is 5.96 Å². The Kier molecular flexibility index (Phi) is 6.83. The second-order valence-corrected chi connectivity index (χ2v) is 5.58. The van der Waals surface area contributed by atoms with Crippen LogP contribution in [0, 0.1) is 0 Å². The van der Waals surface area contributed by atoms with Crippen LogP contribution in [-0.2, 0) is 17.8 Å². The maximum absolute atomic E-state index is 11.3. The first-order chi connectivity index (χ1) is 12.1. The van der Waals surface area contributed by atoms with Gasteiger partial charge in [-0.15, -0.1) is 0 Å². The number of carbonyl (C=O) groups excluding carboxylic acids is 1. The summed E-state index contributed by atoms with van der Waals surface area (Å²) in [7, 11) is 1.56. The number of benzene rings is 2. The van der Waals surface area contributed by atoms with Crippen LogP contribution in [0.1, 0.15) is 18.1 Å². The fourth-order valence-corrected chi connectivity index (χ4v) is 2.35. The molecule has 0 saturated heterocycles. The summed E-state index contributed by atoms with van der Waals surface area (Å²) in [5.74, 6) is 0.853. The van der Waals surface area contributed by atoms with E-state index in [0.29, 0.717) is 23.9 Å². The molecule has 2 rings (SSSR count). The Labute approximate surface area is 148 Å². The third-order valence-corrected chi connectivity index (χ3v) is 3.57. The topological polar surface area (TPSA) is 88.7 Å². The lowest BCUT2D eigenvalue weighted by Gasteiger charge is -2.10. The first-order valence-corrected chi connectivity index (χ1v) is 8.10. The van der Waals surface area contributed by atoms with Crippen molar-refractivity contribution in [2.75, 3.05) is 19.0 Å². The number of hydrogen-bond acceptors (Lipinski definition) is 3. The monoisotopic (exact) mass is 340 g/mol. The zero-order valence-electron chi connectivity index (χ0n) is 14.6. The van der Waals surface area contributed by atoms with Gasteiger partial charge in [-0.05, 0) is 29.7 Å². The van der Waals surface area contributed by atoms with Crippen molar-refractivity contribution in [2.24, 2.45) is 10.7 Å². The Balaban J connectivity index is 1.90. The fourth-order valence-electron chi connectivity index (χ4n) is 2.35. The molecule has 0 heterocycles. The van der Waals surface area contributed by atoms with Crippen molar-refractivity contribution in [3.05, 3.63) is 59.7 Å². The molecule has 0 aromatic heterocycles. The Hall–Kier alpha value is -3.02. The number of guanidine groups is 1. The molecule has 4 N–H and O–H groups in total. The van der Waals surface area contributed by atoms with Gasteiger partial charge in [-0.2, -0.15) is 0 Å². The summed E-state index contributed by atoms with van der Waals surface area (Å²) in [6, 6.07) is 15.7. The van der Waals surface area contributed by atoms with Crippen molar-refractivity contribution in [3.63, 3.8) is 0 Å². The van der Waals surface area contributed by atoms with E-state index in [1.807, 2.05) is 30.3 Å². The van der Waals surface area contributed by atoms with E-state index in [9.17, 15) is 4.79 Å². The highest BCUT2D eigenvalue weighted by atomic mass is 16.5. The minimum absolute atomic E-state index is 0.152. The molecular formula is C19H24N4O2. The second kappa shape index (κ2) is 9.32. The van der Waals surface area contributed by atoms with Crippen molar-refractivity contribution in [1.82, 2.24) is 5.32 Å². The van der Waals surface area contributed by atoms with Crippen molar-refractivity contribution < 1.29 is 9.53 Å². The van der Waals surface area contributed by atoms with Crippen LogP contribution in [0.4, 0.5) is 5.69 Å². The average molecular weight is 340 g/mol. The van der Waals surface area contributed by atoms with E-state index in [2.05, 4.69) is 27.8 Å². The van der Waals surface area contributed by atoms with Crippen LogP contribution in [0.2, 0.25) is 0 Å². The molecule has 0 radical (unpaired) electrons. The first-order valence-electron chi connectivity index (χ1n) is 8.10. The molecular weight excluding hydrogens is 316 g/mol. The molecule has 1 amide bonds. The summed E-state index contributed by atoms with van der Waals surface area (Å²) in [4.78, 5) is 15.6. The average Bonchev–Trinajstić information content (AvgIpc) is 2.60. The van der Waals surface area contributed by atoms with Crippen LogP contribution in [-0.4, -0.2) is 25.5 Å². The molecule has 0 aliphatic rings. The van der Waals surface area contributed by atoms with Gasteiger partial charge >= 0.3 is 0 Å². The number of methoxy groups -OCH3 is 1. The summed E-state index contributed by atoms with van der Waals surface area (Å²) in [6.45, 7) is 2.60. The number of nitrogens with two attached hydrogens (primary N) is 1. The summed E-state index contributed by atoms with van der Waals surface area (Å²) >= 11 is 0. The van der Waals surface area contributed by atoms with E-state index in [1.165, 1.54) is 12.5 Å². The Morgan fingerprint density at radius 3 is 2.60 bits per heavy atom. The first kappa shape index (κ1) is 18.3. The summed E-state index contributed by atoms with van der Waals surface area (Å²) < 4.78 is 5.23. The van der Waals surface area contributed by atoms with Crippen molar-refractivity contribution in [1.29, 1.82) is 0 Å². The molecule has 0 unspecified atom stereocenters. The van der Waals surface area contributed by atoms with E-state index in [1.54, 1.807) is 13.2 Å². The van der Waals surface area contributed by atoms with Gasteiger partial charge in [0, 0.05) is 13.5 Å². The molecule has 0 spiro atoms. The predicted octanol–water partition coefficient (Wildman–Crippen LogP) is 2.30. The molecule has 0 aliphatic carbocycles. The van der Waals surface area contributed by atoms with Gasteiger partial charge < -0.3 is 21.1 Å². The van der Waals surface area contributed by atoms with Gasteiger partial charge in [0.2, 0.25) is 5.91 Å². The largest absolute Gasteiger partial charge is 0.495 e. The van der Waals surface area contributed by atoms with Gasteiger partial charge in [0.05, 0.1) is 19.3 Å². The highest BCUT2D eigenvalue weighted by Crippen LogP contribution is 2.25. The van der Waals surface area contributed by atoms with Gasteiger partial charge in [-0.1, -0.05) is 36.4 Å². The molecule has 132 valence electrons. The van der Waals surface area contributed by atoms with Gasteiger partial charge in [0.25, 0.3) is 0 Å². The van der Waals surface area contributed by atoms with Crippen LogP contribution < -0.4 is 21.1 Å². The molecule has 0 bridgehead atoms. The van der Waals surface area contributed by atoms with Crippen molar-refractivity contribution in [2.45, 2.75) is 19.9 Å². The molecule has 6 nitrogen and oxygen atoms in total. The number of nitrogens with zero attached hydrogens (tertiary/aromatic N) is 1. The van der Waals surface area contributed by atoms with E-state index < -0.39 is 0 Å². The number of carbonyl (C=O) groups is 1. The maximum Gasteiger partial charge on any atom is 0.221 e.